The van der Waals surface area contributed by atoms with E-state index in [0.29, 0.717) is 19.1 Å². The molecule has 0 saturated carbocycles. The first-order chi connectivity index (χ1) is 9.08. The van der Waals surface area contributed by atoms with Crippen LogP contribution in [0.4, 0.5) is 0 Å². The van der Waals surface area contributed by atoms with E-state index in [0.717, 1.165) is 16.6 Å². The molecule has 102 valence electrons. The largest absolute Gasteiger partial charge is 0.481 e. The lowest BCUT2D eigenvalue weighted by Gasteiger charge is -2.08. The molecule has 1 aromatic heterocycles. The summed E-state index contributed by atoms with van der Waals surface area (Å²) in [5.41, 5.74) is 3.22. The maximum Gasteiger partial charge on any atom is 0.304 e. The number of hydrogen-bond acceptors (Lipinski definition) is 3. The molecule has 19 heavy (non-hydrogen) atoms. The van der Waals surface area contributed by atoms with Gasteiger partial charge in [-0.3, -0.25) is 4.79 Å². The van der Waals surface area contributed by atoms with E-state index < -0.39 is 5.97 Å². The quantitative estimate of drug-likeness (QED) is 0.782. The lowest BCUT2D eigenvalue weighted by atomic mass is 10.2. The second-order valence-corrected chi connectivity index (χ2v) is 4.89. The standard InChI is InChI=1S/C14H19N3O2/c1-10(2)17-9-16-12-7-11(3-4-13(12)17)8-15-6-5-14(18)19/h3-4,7,9-10,15H,5-6,8H2,1-2H3,(H,18,19). The van der Waals surface area contributed by atoms with Crippen molar-refractivity contribution in [2.24, 2.45) is 0 Å². The third kappa shape index (κ3) is 3.32. The minimum atomic E-state index is -0.779. The number of carboxylic acid groups (broad SMARTS) is 1. The summed E-state index contributed by atoms with van der Waals surface area (Å²) in [6.07, 6.45) is 2.00. The molecule has 0 spiro atoms. The molecule has 0 fully saturated rings. The molecule has 0 aliphatic carbocycles. The van der Waals surface area contributed by atoms with Gasteiger partial charge in [-0.05, 0) is 31.5 Å². The Hall–Kier alpha value is -1.88. The van der Waals surface area contributed by atoms with Crippen LogP contribution in [0.3, 0.4) is 0 Å². The van der Waals surface area contributed by atoms with Crippen molar-refractivity contribution in [2.75, 3.05) is 6.54 Å². The fourth-order valence-corrected chi connectivity index (χ4v) is 2.03. The first-order valence-corrected chi connectivity index (χ1v) is 6.46. The van der Waals surface area contributed by atoms with Crippen molar-refractivity contribution in [2.45, 2.75) is 32.9 Å². The lowest BCUT2D eigenvalue weighted by molar-refractivity contribution is -0.136. The van der Waals surface area contributed by atoms with Crippen molar-refractivity contribution in [1.82, 2.24) is 14.9 Å². The van der Waals surface area contributed by atoms with Gasteiger partial charge in [0, 0.05) is 19.1 Å². The first kappa shape index (κ1) is 13.5. The van der Waals surface area contributed by atoms with E-state index in [2.05, 4.69) is 40.8 Å². The summed E-state index contributed by atoms with van der Waals surface area (Å²) in [5, 5.41) is 11.7. The summed E-state index contributed by atoms with van der Waals surface area (Å²) in [5.74, 6) is -0.779. The van der Waals surface area contributed by atoms with Crippen LogP contribution in [0.2, 0.25) is 0 Å². The van der Waals surface area contributed by atoms with Crippen molar-refractivity contribution in [1.29, 1.82) is 0 Å². The number of nitrogens with one attached hydrogen (secondary N) is 1. The normalized spacial score (nSPS) is 11.3. The Labute approximate surface area is 112 Å². The molecule has 1 heterocycles. The van der Waals surface area contributed by atoms with Crippen LogP contribution < -0.4 is 5.32 Å². The number of hydrogen-bond donors (Lipinski definition) is 2. The molecule has 0 aliphatic rings. The van der Waals surface area contributed by atoms with Crippen molar-refractivity contribution < 1.29 is 9.90 Å². The van der Waals surface area contributed by atoms with E-state index in [-0.39, 0.29) is 6.42 Å². The number of imidazole rings is 1. The zero-order chi connectivity index (χ0) is 13.8. The number of aliphatic carboxylic acids is 1. The molecule has 0 unspecified atom stereocenters. The molecular formula is C14H19N3O2. The van der Waals surface area contributed by atoms with Crippen LogP contribution >= 0.6 is 0 Å². The number of benzene rings is 1. The van der Waals surface area contributed by atoms with Crippen LogP contribution in [0.5, 0.6) is 0 Å². The fourth-order valence-electron chi connectivity index (χ4n) is 2.03. The molecule has 5 heteroatoms. The minimum Gasteiger partial charge on any atom is -0.481 e. The van der Waals surface area contributed by atoms with Crippen LogP contribution in [0.25, 0.3) is 11.0 Å². The van der Waals surface area contributed by atoms with Crippen LogP contribution in [-0.2, 0) is 11.3 Å². The van der Waals surface area contributed by atoms with Gasteiger partial charge in [-0.25, -0.2) is 4.98 Å². The molecule has 5 nitrogen and oxygen atoms in total. The fraction of sp³-hybridized carbons (Fsp3) is 0.429. The van der Waals surface area contributed by atoms with Crippen LogP contribution in [0, 0.1) is 0 Å². The molecule has 0 atom stereocenters. The van der Waals surface area contributed by atoms with Crippen LogP contribution in [0.1, 0.15) is 31.9 Å². The maximum absolute atomic E-state index is 10.4. The van der Waals surface area contributed by atoms with Gasteiger partial charge in [-0.2, -0.15) is 0 Å². The molecule has 0 radical (unpaired) electrons. The van der Waals surface area contributed by atoms with E-state index >= 15 is 0 Å². The van der Waals surface area contributed by atoms with E-state index in [9.17, 15) is 4.79 Å². The topological polar surface area (TPSA) is 67.2 Å². The summed E-state index contributed by atoms with van der Waals surface area (Å²) < 4.78 is 2.14. The Morgan fingerprint density at radius 2 is 2.26 bits per heavy atom. The number of nitrogens with zero attached hydrogens (tertiary/aromatic N) is 2. The third-order valence-corrected chi connectivity index (χ3v) is 3.04. The highest BCUT2D eigenvalue weighted by molar-refractivity contribution is 5.76. The monoisotopic (exact) mass is 261 g/mol. The summed E-state index contributed by atoms with van der Waals surface area (Å²) in [4.78, 5) is 14.8. The predicted molar refractivity (Wildman–Crippen MR) is 74.1 cm³/mol. The molecule has 0 amide bonds. The molecule has 0 bridgehead atoms. The SMILES string of the molecule is CC(C)n1cnc2cc(CNCCC(=O)O)ccc21. The molecule has 2 N–H and O–H groups in total. The maximum atomic E-state index is 10.4. The Kier molecular flexibility index (Phi) is 4.16. The van der Waals surface area contributed by atoms with Gasteiger partial charge < -0.3 is 15.0 Å². The smallest absolute Gasteiger partial charge is 0.304 e. The number of carboxylic acids is 1. The van der Waals surface area contributed by atoms with Gasteiger partial charge in [0.05, 0.1) is 23.8 Å². The van der Waals surface area contributed by atoms with Gasteiger partial charge in [0.1, 0.15) is 0 Å². The average molecular weight is 261 g/mol. The summed E-state index contributed by atoms with van der Waals surface area (Å²) in [6.45, 7) is 5.40. The summed E-state index contributed by atoms with van der Waals surface area (Å²) in [7, 11) is 0. The second-order valence-electron chi connectivity index (χ2n) is 4.89. The average Bonchev–Trinajstić information content (AvgIpc) is 2.77. The van der Waals surface area contributed by atoms with Crippen molar-refractivity contribution >= 4 is 17.0 Å². The van der Waals surface area contributed by atoms with Gasteiger partial charge in [-0.1, -0.05) is 6.07 Å². The summed E-state index contributed by atoms with van der Waals surface area (Å²) >= 11 is 0. The van der Waals surface area contributed by atoms with Crippen molar-refractivity contribution in [3.63, 3.8) is 0 Å². The Morgan fingerprint density at radius 3 is 2.95 bits per heavy atom. The summed E-state index contributed by atoms with van der Waals surface area (Å²) in [6, 6.07) is 6.55. The third-order valence-electron chi connectivity index (χ3n) is 3.04. The van der Waals surface area contributed by atoms with E-state index in [1.165, 1.54) is 0 Å². The van der Waals surface area contributed by atoms with Gasteiger partial charge in [0.2, 0.25) is 0 Å². The zero-order valence-corrected chi connectivity index (χ0v) is 11.3. The predicted octanol–water partition coefficient (Wildman–Crippen LogP) is 2.18. The van der Waals surface area contributed by atoms with Crippen molar-refractivity contribution in [3.8, 4) is 0 Å². The highest BCUT2D eigenvalue weighted by Crippen LogP contribution is 2.18. The molecule has 2 rings (SSSR count). The number of fused-ring (bicyclic) bond motifs is 1. The number of carbonyl (C=O) groups is 1. The van der Waals surface area contributed by atoms with Crippen molar-refractivity contribution in [3.05, 3.63) is 30.1 Å². The number of rotatable bonds is 6. The van der Waals surface area contributed by atoms with Crippen LogP contribution in [-0.4, -0.2) is 27.2 Å². The van der Waals surface area contributed by atoms with Crippen LogP contribution in [0.15, 0.2) is 24.5 Å². The zero-order valence-electron chi connectivity index (χ0n) is 11.3. The van der Waals surface area contributed by atoms with E-state index in [1.54, 1.807) is 0 Å². The lowest BCUT2D eigenvalue weighted by Crippen LogP contribution is -2.17. The first-order valence-electron chi connectivity index (χ1n) is 6.46. The molecule has 0 aliphatic heterocycles. The molecule has 2 aromatic rings. The molecule has 1 aromatic carbocycles. The highest BCUT2D eigenvalue weighted by atomic mass is 16.4. The Bertz CT molecular complexity index is 575. The minimum absolute atomic E-state index is 0.143. The van der Waals surface area contributed by atoms with E-state index in [4.69, 9.17) is 5.11 Å². The molecule has 0 saturated heterocycles. The van der Waals surface area contributed by atoms with Gasteiger partial charge in [0.15, 0.2) is 0 Å². The Morgan fingerprint density at radius 1 is 1.47 bits per heavy atom. The highest BCUT2D eigenvalue weighted by Gasteiger charge is 2.06. The second kappa shape index (κ2) is 5.84. The van der Waals surface area contributed by atoms with Gasteiger partial charge in [-0.15, -0.1) is 0 Å². The molecular weight excluding hydrogens is 242 g/mol. The van der Waals surface area contributed by atoms with Gasteiger partial charge >= 0.3 is 5.97 Å². The number of aromatic nitrogens is 2. The van der Waals surface area contributed by atoms with E-state index in [1.807, 2.05) is 12.4 Å². The Balaban J connectivity index is 2.04. The van der Waals surface area contributed by atoms with Gasteiger partial charge in [0.25, 0.3) is 0 Å².